The summed E-state index contributed by atoms with van der Waals surface area (Å²) in [6.07, 6.45) is 1.83. The van der Waals surface area contributed by atoms with Crippen molar-refractivity contribution in [2.24, 2.45) is 0 Å². The first-order chi connectivity index (χ1) is 6.38. The highest BCUT2D eigenvalue weighted by molar-refractivity contribution is 5.33. The fourth-order valence-corrected chi connectivity index (χ4v) is 1.26. The maximum absolute atomic E-state index is 6.66. The van der Waals surface area contributed by atoms with E-state index >= 15 is 0 Å². The lowest BCUT2D eigenvalue weighted by atomic mass is 10.1. The largest absolute Gasteiger partial charge is 0.496 e. The zero-order valence-corrected chi connectivity index (χ0v) is 7.79. The van der Waals surface area contributed by atoms with Crippen molar-refractivity contribution in [2.75, 3.05) is 13.7 Å². The van der Waals surface area contributed by atoms with Gasteiger partial charge in [-0.15, -0.1) is 0 Å². The molecule has 0 spiro atoms. The number of ether oxygens (including phenoxy) is 1. The van der Waals surface area contributed by atoms with E-state index in [4.69, 9.17) is 11.3 Å². The van der Waals surface area contributed by atoms with Gasteiger partial charge in [0.25, 0.3) is 0 Å². The van der Waals surface area contributed by atoms with Gasteiger partial charge in [-0.05, 0) is 18.1 Å². The molecule has 0 aromatic heterocycles. The normalized spacial score (nSPS) is 9.23. The number of nitrogens with zero attached hydrogens (tertiary/aromatic N) is 1. The molecule has 0 N–H and O–H groups in total. The topological polar surface area (TPSA) is 13.6 Å². The molecule has 0 aliphatic rings. The smallest absolute Gasteiger partial charge is 0.215 e. The van der Waals surface area contributed by atoms with Gasteiger partial charge < -0.3 is 9.58 Å². The Labute approximate surface area is 79.0 Å². The molecule has 0 fully saturated rings. The van der Waals surface area contributed by atoms with Crippen LogP contribution in [0.25, 0.3) is 4.85 Å². The van der Waals surface area contributed by atoms with Crippen LogP contribution in [0.4, 0.5) is 0 Å². The summed E-state index contributed by atoms with van der Waals surface area (Å²) in [5, 5.41) is 0. The highest BCUT2D eigenvalue weighted by Gasteiger charge is 2.00. The molecule has 2 heteroatoms. The van der Waals surface area contributed by atoms with Gasteiger partial charge >= 0.3 is 0 Å². The Morgan fingerprint density at radius 2 is 2.15 bits per heavy atom. The molecular weight excluding hydrogens is 162 g/mol. The minimum absolute atomic E-state index is 0.595. The Morgan fingerprint density at radius 1 is 1.38 bits per heavy atom. The summed E-state index contributed by atoms with van der Waals surface area (Å²) in [5.74, 6) is 0.924. The molecule has 1 rings (SSSR count). The van der Waals surface area contributed by atoms with Crippen LogP contribution in [0.3, 0.4) is 0 Å². The Morgan fingerprint density at radius 3 is 2.85 bits per heavy atom. The summed E-state index contributed by atoms with van der Waals surface area (Å²) in [5.41, 5.74) is 1.19. The number of methoxy groups -OCH3 is 1. The van der Waals surface area contributed by atoms with Crippen molar-refractivity contribution in [3.8, 4) is 5.75 Å². The van der Waals surface area contributed by atoms with Gasteiger partial charge in [-0.1, -0.05) is 18.2 Å². The SMILES string of the molecule is [C-]#[N+]CCCc1ccccc1OC. The summed E-state index contributed by atoms with van der Waals surface area (Å²) in [6, 6.07) is 7.95. The molecule has 13 heavy (non-hydrogen) atoms. The summed E-state index contributed by atoms with van der Waals surface area (Å²) < 4.78 is 5.20. The second-order valence-corrected chi connectivity index (χ2v) is 2.80. The number of hydrogen-bond donors (Lipinski definition) is 0. The lowest BCUT2D eigenvalue weighted by Gasteiger charge is -2.05. The molecule has 0 unspecified atom stereocenters. The molecule has 1 aromatic rings. The van der Waals surface area contributed by atoms with E-state index in [9.17, 15) is 0 Å². The minimum Gasteiger partial charge on any atom is -0.496 e. The van der Waals surface area contributed by atoms with E-state index in [1.165, 1.54) is 5.56 Å². The van der Waals surface area contributed by atoms with Gasteiger partial charge in [0, 0.05) is 6.42 Å². The second-order valence-electron chi connectivity index (χ2n) is 2.80. The van der Waals surface area contributed by atoms with Crippen LogP contribution in [-0.2, 0) is 6.42 Å². The lowest BCUT2D eigenvalue weighted by molar-refractivity contribution is 0.409. The summed E-state index contributed by atoms with van der Waals surface area (Å²) >= 11 is 0. The van der Waals surface area contributed by atoms with E-state index in [-0.39, 0.29) is 0 Å². The van der Waals surface area contributed by atoms with Crippen molar-refractivity contribution < 1.29 is 4.74 Å². The molecule has 0 aliphatic heterocycles. The average Bonchev–Trinajstić information content (AvgIpc) is 2.19. The van der Waals surface area contributed by atoms with E-state index < -0.39 is 0 Å². The Balaban J connectivity index is 2.60. The molecular formula is C11H13NO. The molecule has 0 saturated heterocycles. The Kier molecular flexibility index (Phi) is 3.84. The van der Waals surface area contributed by atoms with Gasteiger partial charge in [-0.2, -0.15) is 0 Å². The third kappa shape index (κ3) is 2.79. The molecule has 0 heterocycles. The Hall–Kier alpha value is -1.49. The quantitative estimate of drug-likeness (QED) is 0.506. The van der Waals surface area contributed by atoms with E-state index in [0.29, 0.717) is 6.54 Å². The number of hydrogen-bond acceptors (Lipinski definition) is 1. The monoisotopic (exact) mass is 175 g/mol. The first-order valence-electron chi connectivity index (χ1n) is 4.33. The maximum atomic E-state index is 6.66. The van der Waals surface area contributed by atoms with E-state index in [1.807, 2.05) is 24.3 Å². The molecule has 1 aromatic carbocycles. The first kappa shape index (κ1) is 9.60. The maximum Gasteiger partial charge on any atom is 0.215 e. The predicted molar refractivity (Wildman–Crippen MR) is 52.8 cm³/mol. The zero-order valence-electron chi connectivity index (χ0n) is 7.79. The van der Waals surface area contributed by atoms with Crippen molar-refractivity contribution in [1.82, 2.24) is 0 Å². The van der Waals surface area contributed by atoms with Gasteiger partial charge in [-0.3, -0.25) is 0 Å². The van der Waals surface area contributed by atoms with Crippen LogP contribution >= 0.6 is 0 Å². The van der Waals surface area contributed by atoms with Crippen LogP contribution in [0.2, 0.25) is 0 Å². The highest BCUT2D eigenvalue weighted by Crippen LogP contribution is 2.18. The Bertz CT molecular complexity index is 301. The molecule has 0 atom stereocenters. The first-order valence-corrected chi connectivity index (χ1v) is 4.33. The lowest BCUT2D eigenvalue weighted by Crippen LogP contribution is -1.92. The third-order valence-corrected chi connectivity index (χ3v) is 1.91. The molecule has 0 aliphatic carbocycles. The summed E-state index contributed by atoms with van der Waals surface area (Å²) in [7, 11) is 1.67. The predicted octanol–water partition coefficient (Wildman–Crippen LogP) is 2.55. The number of aryl methyl sites for hydroxylation is 1. The zero-order chi connectivity index (χ0) is 9.52. The van der Waals surface area contributed by atoms with Gasteiger partial charge in [-0.25, -0.2) is 6.57 Å². The fourth-order valence-electron chi connectivity index (χ4n) is 1.26. The van der Waals surface area contributed by atoms with Crippen molar-refractivity contribution >= 4 is 0 Å². The van der Waals surface area contributed by atoms with E-state index in [1.54, 1.807) is 7.11 Å². The van der Waals surface area contributed by atoms with Crippen LogP contribution in [0, 0.1) is 6.57 Å². The van der Waals surface area contributed by atoms with E-state index in [2.05, 4.69) is 4.85 Å². The molecule has 68 valence electrons. The summed E-state index contributed by atoms with van der Waals surface area (Å²) in [6.45, 7) is 7.26. The molecule has 2 nitrogen and oxygen atoms in total. The molecule has 0 bridgehead atoms. The van der Waals surface area contributed by atoms with Gasteiger partial charge in [0.1, 0.15) is 5.75 Å². The van der Waals surface area contributed by atoms with Crippen LogP contribution in [0.5, 0.6) is 5.75 Å². The van der Waals surface area contributed by atoms with Gasteiger partial charge in [0.15, 0.2) is 0 Å². The highest BCUT2D eigenvalue weighted by atomic mass is 16.5. The van der Waals surface area contributed by atoms with Gasteiger partial charge in [0.05, 0.1) is 7.11 Å². The standard InChI is InChI=1S/C11H13NO/c1-12-9-5-7-10-6-3-4-8-11(10)13-2/h3-4,6,8H,5,7,9H2,2H3. The minimum atomic E-state index is 0.595. The van der Waals surface area contributed by atoms with Crippen molar-refractivity contribution in [1.29, 1.82) is 0 Å². The number of para-hydroxylation sites is 1. The van der Waals surface area contributed by atoms with Crippen LogP contribution in [0.1, 0.15) is 12.0 Å². The second kappa shape index (κ2) is 5.21. The average molecular weight is 175 g/mol. The number of rotatable bonds is 4. The van der Waals surface area contributed by atoms with Crippen LogP contribution < -0.4 is 4.74 Å². The van der Waals surface area contributed by atoms with E-state index in [0.717, 1.165) is 18.6 Å². The van der Waals surface area contributed by atoms with Crippen LogP contribution in [0.15, 0.2) is 24.3 Å². The fraction of sp³-hybridized carbons (Fsp3) is 0.364. The van der Waals surface area contributed by atoms with Crippen molar-refractivity contribution in [2.45, 2.75) is 12.8 Å². The molecule has 0 saturated carbocycles. The van der Waals surface area contributed by atoms with Crippen molar-refractivity contribution in [3.05, 3.63) is 41.2 Å². The van der Waals surface area contributed by atoms with Crippen LogP contribution in [-0.4, -0.2) is 13.7 Å². The third-order valence-electron chi connectivity index (χ3n) is 1.91. The summed E-state index contributed by atoms with van der Waals surface area (Å²) in [4.78, 5) is 3.32. The number of benzene rings is 1. The van der Waals surface area contributed by atoms with Gasteiger partial charge in [0.2, 0.25) is 6.54 Å². The van der Waals surface area contributed by atoms with Crippen molar-refractivity contribution in [3.63, 3.8) is 0 Å². The molecule has 0 radical (unpaired) electrons. The molecule has 0 amide bonds.